The highest BCUT2D eigenvalue weighted by Crippen LogP contribution is 1.89. The average Bonchev–Trinajstić information content (AvgIpc) is 2.46. The highest BCUT2D eigenvalue weighted by molar-refractivity contribution is 4.72. The fourth-order valence-electron chi connectivity index (χ4n) is 1.23. The van der Waals surface area contributed by atoms with Gasteiger partial charge in [0.25, 0.3) is 0 Å². The number of allylic oxidation sites excluding steroid dienone is 1. The minimum atomic E-state index is 0.518. The molecule has 6 heteroatoms. The summed E-state index contributed by atoms with van der Waals surface area (Å²) in [6.07, 6.45) is 1.40. The summed E-state index contributed by atoms with van der Waals surface area (Å²) in [6, 6.07) is 0. The molecule has 21 heavy (non-hydrogen) atoms. The average molecular weight is 304 g/mol. The molecule has 0 aromatic rings. The Kier molecular flexibility index (Phi) is 16.1. The van der Waals surface area contributed by atoms with Crippen molar-refractivity contribution in [1.82, 2.24) is 0 Å². The van der Waals surface area contributed by atoms with Crippen molar-refractivity contribution in [2.45, 2.75) is 6.92 Å². The highest BCUT2D eigenvalue weighted by atomic mass is 16.6. The van der Waals surface area contributed by atoms with Crippen molar-refractivity contribution in [3.05, 3.63) is 25.2 Å². The molecule has 0 unspecified atom stereocenters. The summed E-state index contributed by atoms with van der Waals surface area (Å²) in [5, 5.41) is 0. The zero-order valence-corrected chi connectivity index (χ0v) is 13.0. The summed E-state index contributed by atoms with van der Waals surface area (Å²) in [7, 11) is 0. The van der Waals surface area contributed by atoms with Crippen molar-refractivity contribution in [3.8, 4) is 0 Å². The zero-order chi connectivity index (χ0) is 15.6. The van der Waals surface area contributed by atoms with E-state index in [9.17, 15) is 0 Å². The van der Waals surface area contributed by atoms with E-state index in [2.05, 4.69) is 13.2 Å². The third kappa shape index (κ3) is 18.9. The SMILES string of the molecule is C=COCCOCCOCCOCCOCCOC(=C)C. The van der Waals surface area contributed by atoms with Crippen LogP contribution in [0.5, 0.6) is 0 Å². The van der Waals surface area contributed by atoms with E-state index in [-0.39, 0.29) is 0 Å². The lowest BCUT2D eigenvalue weighted by molar-refractivity contribution is -0.0103. The van der Waals surface area contributed by atoms with Gasteiger partial charge in [-0.3, -0.25) is 0 Å². The van der Waals surface area contributed by atoms with Crippen LogP contribution in [0.15, 0.2) is 25.2 Å². The molecule has 0 saturated carbocycles. The first-order valence-electron chi connectivity index (χ1n) is 7.09. The normalized spacial score (nSPS) is 10.3. The molecular weight excluding hydrogens is 276 g/mol. The molecule has 0 aromatic heterocycles. The molecule has 0 bridgehead atoms. The topological polar surface area (TPSA) is 55.4 Å². The summed E-state index contributed by atoms with van der Waals surface area (Å²) in [5.41, 5.74) is 0. The molecule has 0 amide bonds. The largest absolute Gasteiger partial charge is 0.499 e. The Morgan fingerprint density at radius 2 is 1.10 bits per heavy atom. The van der Waals surface area contributed by atoms with Gasteiger partial charge in [-0.1, -0.05) is 13.2 Å². The van der Waals surface area contributed by atoms with Gasteiger partial charge in [-0.05, 0) is 6.92 Å². The molecule has 6 nitrogen and oxygen atoms in total. The Hall–Kier alpha value is -1.08. The Balaban J connectivity index is 2.96. The van der Waals surface area contributed by atoms with Crippen LogP contribution in [0.25, 0.3) is 0 Å². The van der Waals surface area contributed by atoms with Crippen molar-refractivity contribution < 1.29 is 28.4 Å². The lowest BCUT2D eigenvalue weighted by atomic mass is 10.6. The first kappa shape index (κ1) is 19.9. The number of hydrogen-bond donors (Lipinski definition) is 0. The predicted octanol–water partition coefficient (Wildman–Crippen LogP) is 1.76. The van der Waals surface area contributed by atoms with E-state index in [1.165, 1.54) is 6.26 Å². The maximum atomic E-state index is 5.34. The lowest BCUT2D eigenvalue weighted by Gasteiger charge is -2.08. The van der Waals surface area contributed by atoms with E-state index < -0.39 is 0 Å². The smallest absolute Gasteiger partial charge is 0.111 e. The number of rotatable bonds is 17. The van der Waals surface area contributed by atoms with Crippen molar-refractivity contribution in [2.75, 3.05) is 66.1 Å². The quantitative estimate of drug-likeness (QED) is 0.301. The van der Waals surface area contributed by atoms with Gasteiger partial charge in [0.05, 0.1) is 64.9 Å². The van der Waals surface area contributed by atoms with Gasteiger partial charge in [-0.2, -0.15) is 0 Å². The zero-order valence-electron chi connectivity index (χ0n) is 13.0. The maximum Gasteiger partial charge on any atom is 0.111 e. The summed E-state index contributed by atoms with van der Waals surface area (Å²) in [4.78, 5) is 0. The van der Waals surface area contributed by atoms with E-state index in [0.717, 1.165) is 0 Å². The standard InChI is InChI=1S/C15H28O6/c1-4-16-5-6-17-7-8-18-9-10-19-11-12-20-13-14-21-15(2)3/h4H,1-2,5-14H2,3H3. The van der Waals surface area contributed by atoms with E-state index in [0.29, 0.717) is 71.8 Å². The van der Waals surface area contributed by atoms with Crippen LogP contribution >= 0.6 is 0 Å². The summed E-state index contributed by atoms with van der Waals surface area (Å²) < 4.78 is 31.3. The Bertz CT molecular complexity index is 244. The van der Waals surface area contributed by atoms with Crippen LogP contribution in [0.2, 0.25) is 0 Å². The molecule has 0 heterocycles. The molecule has 0 atom stereocenters. The number of ether oxygens (including phenoxy) is 6. The van der Waals surface area contributed by atoms with Gasteiger partial charge in [0.1, 0.15) is 13.2 Å². The number of hydrogen-bond acceptors (Lipinski definition) is 6. The van der Waals surface area contributed by atoms with Gasteiger partial charge in [-0.25, -0.2) is 0 Å². The first-order chi connectivity index (χ1) is 10.3. The molecule has 0 radical (unpaired) electrons. The molecule has 0 spiro atoms. The van der Waals surface area contributed by atoms with E-state index >= 15 is 0 Å². The fraction of sp³-hybridized carbons (Fsp3) is 0.733. The molecule has 0 aliphatic heterocycles. The van der Waals surface area contributed by atoms with Crippen LogP contribution in [-0.2, 0) is 28.4 Å². The molecule has 0 saturated heterocycles. The summed E-state index contributed by atoms with van der Waals surface area (Å²) in [5.74, 6) is 0.698. The van der Waals surface area contributed by atoms with E-state index in [1.807, 2.05) is 6.92 Å². The van der Waals surface area contributed by atoms with Gasteiger partial charge < -0.3 is 28.4 Å². The molecule has 0 aliphatic rings. The molecule has 0 aromatic carbocycles. The predicted molar refractivity (Wildman–Crippen MR) is 80.2 cm³/mol. The van der Waals surface area contributed by atoms with Crippen molar-refractivity contribution in [1.29, 1.82) is 0 Å². The van der Waals surface area contributed by atoms with Gasteiger partial charge in [0.15, 0.2) is 0 Å². The van der Waals surface area contributed by atoms with Gasteiger partial charge in [-0.15, -0.1) is 0 Å². The van der Waals surface area contributed by atoms with Crippen LogP contribution in [0.1, 0.15) is 6.92 Å². The van der Waals surface area contributed by atoms with Gasteiger partial charge in [0.2, 0.25) is 0 Å². The molecule has 0 aliphatic carbocycles. The van der Waals surface area contributed by atoms with Crippen molar-refractivity contribution >= 4 is 0 Å². The summed E-state index contributed by atoms with van der Waals surface area (Å²) in [6.45, 7) is 14.3. The van der Waals surface area contributed by atoms with Gasteiger partial charge >= 0.3 is 0 Å². The maximum absolute atomic E-state index is 5.34. The van der Waals surface area contributed by atoms with Crippen LogP contribution in [0.4, 0.5) is 0 Å². The highest BCUT2D eigenvalue weighted by Gasteiger charge is 1.93. The second-order valence-corrected chi connectivity index (χ2v) is 4.04. The second-order valence-electron chi connectivity index (χ2n) is 4.04. The lowest BCUT2D eigenvalue weighted by Crippen LogP contribution is -2.13. The third-order valence-corrected chi connectivity index (χ3v) is 2.16. The second kappa shape index (κ2) is 17.0. The van der Waals surface area contributed by atoms with Crippen LogP contribution < -0.4 is 0 Å². The van der Waals surface area contributed by atoms with Crippen LogP contribution in [0, 0.1) is 0 Å². The first-order valence-corrected chi connectivity index (χ1v) is 7.09. The Morgan fingerprint density at radius 1 is 0.714 bits per heavy atom. The van der Waals surface area contributed by atoms with E-state index in [4.69, 9.17) is 28.4 Å². The molecule has 0 N–H and O–H groups in total. The molecule has 124 valence electrons. The molecular formula is C15H28O6. The van der Waals surface area contributed by atoms with Gasteiger partial charge in [0, 0.05) is 0 Å². The fourth-order valence-corrected chi connectivity index (χ4v) is 1.23. The van der Waals surface area contributed by atoms with E-state index in [1.54, 1.807) is 0 Å². The van der Waals surface area contributed by atoms with Crippen LogP contribution in [0.3, 0.4) is 0 Å². The third-order valence-electron chi connectivity index (χ3n) is 2.16. The monoisotopic (exact) mass is 304 g/mol. The Labute approximate surface area is 127 Å². The van der Waals surface area contributed by atoms with Crippen molar-refractivity contribution in [2.24, 2.45) is 0 Å². The van der Waals surface area contributed by atoms with Crippen molar-refractivity contribution in [3.63, 3.8) is 0 Å². The molecule has 0 rings (SSSR count). The molecule has 0 fully saturated rings. The minimum absolute atomic E-state index is 0.518. The minimum Gasteiger partial charge on any atom is -0.499 e. The summed E-state index contributed by atoms with van der Waals surface area (Å²) >= 11 is 0. The Morgan fingerprint density at radius 3 is 1.48 bits per heavy atom. The van der Waals surface area contributed by atoms with Crippen LogP contribution in [-0.4, -0.2) is 66.1 Å².